The number of hydrogen-bond donors (Lipinski definition) is 1. The quantitative estimate of drug-likeness (QED) is 0.744. The molecular formula is C18H15F2NO6. The smallest absolute Gasteiger partial charge is 0.387 e. The number of anilines is 1. The number of alkyl halides is 2. The van der Waals surface area contributed by atoms with Crippen molar-refractivity contribution in [2.75, 3.05) is 19.0 Å². The number of esters is 2. The summed E-state index contributed by atoms with van der Waals surface area (Å²) in [6.45, 7) is -3.58. The van der Waals surface area contributed by atoms with E-state index in [0.717, 1.165) is 0 Å². The van der Waals surface area contributed by atoms with E-state index in [0.29, 0.717) is 0 Å². The normalized spacial score (nSPS) is 10.2. The lowest BCUT2D eigenvalue weighted by Crippen LogP contribution is -2.22. The molecule has 27 heavy (non-hydrogen) atoms. The van der Waals surface area contributed by atoms with Crippen molar-refractivity contribution in [1.29, 1.82) is 0 Å². The van der Waals surface area contributed by atoms with E-state index in [-0.39, 0.29) is 22.6 Å². The van der Waals surface area contributed by atoms with Crippen LogP contribution in [-0.4, -0.2) is 38.2 Å². The van der Waals surface area contributed by atoms with Gasteiger partial charge in [-0.15, -0.1) is 0 Å². The molecule has 0 saturated carbocycles. The zero-order chi connectivity index (χ0) is 19.8. The van der Waals surface area contributed by atoms with Crippen LogP contribution >= 0.6 is 0 Å². The highest BCUT2D eigenvalue weighted by Gasteiger charge is 2.15. The monoisotopic (exact) mass is 379 g/mol. The molecule has 2 aromatic rings. The van der Waals surface area contributed by atoms with E-state index in [4.69, 9.17) is 4.74 Å². The first kappa shape index (κ1) is 19.8. The summed E-state index contributed by atoms with van der Waals surface area (Å²) in [7, 11) is 1.21. The fourth-order valence-corrected chi connectivity index (χ4v) is 2.05. The van der Waals surface area contributed by atoms with Crippen LogP contribution in [0, 0.1) is 0 Å². The maximum Gasteiger partial charge on any atom is 0.387 e. The lowest BCUT2D eigenvalue weighted by Gasteiger charge is -2.10. The number of carbonyl (C=O) groups is 3. The first-order valence-electron chi connectivity index (χ1n) is 7.60. The van der Waals surface area contributed by atoms with Gasteiger partial charge >= 0.3 is 18.6 Å². The van der Waals surface area contributed by atoms with Crippen molar-refractivity contribution in [3.8, 4) is 5.75 Å². The molecule has 0 bridgehead atoms. The predicted molar refractivity (Wildman–Crippen MR) is 89.8 cm³/mol. The summed E-state index contributed by atoms with van der Waals surface area (Å²) in [6.07, 6.45) is 0. The molecule has 0 aliphatic rings. The molecule has 2 aromatic carbocycles. The van der Waals surface area contributed by atoms with Gasteiger partial charge in [-0.1, -0.05) is 12.1 Å². The SMILES string of the molecule is COC(=O)c1ccccc1NC(=O)COC(=O)c1ccc(OC(F)F)cc1. The van der Waals surface area contributed by atoms with Crippen LogP contribution in [0.5, 0.6) is 5.75 Å². The summed E-state index contributed by atoms with van der Waals surface area (Å²) in [5, 5.41) is 2.44. The number of halogens is 2. The molecule has 0 radical (unpaired) electrons. The van der Waals surface area contributed by atoms with E-state index in [1.807, 2.05) is 0 Å². The van der Waals surface area contributed by atoms with E-state index in [9.17, 15) is 23.2 Å². The number of hydrogen-bond acceptors (Lipinski definition) is 6. The Balaban J connectivity index is 1.92. The topological polar surface area (TPSA) is 90.9 Å². The third kappa shape index (κ3) is 5.77. The van der Waals surface area contributed by atoms with Crippen molar-refractivity contribution >= 4 is 23.5 Å². The number of methoxy groups -OCH3 is 1. The van der Waals surface area contributed by atoms with Crippen molar-refractivity contribution in [1.82, 2.24) is 0 Å². The van der Waals surface area contributed by atoms with Gasteiger partial charge in [-0.05, 0) is 36.4 Å². The number of benzene rings is 2. The molecule has 1 N–H and O–H groups in total. The maximum absolute atomic E-state index is 12.1. The molecule has 0 unspecified atom stereocenters. The molecule has 9 heteroatoms. The molecule has 142 valence electrons. The molecule has 7 nitrogen and oxygen atoms in total. The van der Waals surface area contributed by atoms with Gasteiger partial charge < -0.3 is 19.5 Å². The Hall–Kier alpha value is -3.49. The maximum atomic E-state index is 12.1. The molecular weight excluding hydrogens is 364 g/mol. The standard InChI is InChI=1S/C18H15F2NO6/c1-25-17(24)13-4-2-3-5-14(13)21-15(22)10-26-16(23)11-6-8-12(9-7-11)27-18(19)20/h2-9,18H,10H2,1H3,(H,21,22). The molecule has 2 rings (SSSR count). The first-order chi connectivity index (χ1) is 12.9. The van der Waals surface area contributed by atoms with Crippen LogP contribution in [0.1, 0.15) is 20.7 Å². The fourth-order valence-electron chi connectivity index (χ4n) is 2.05. The number of ether oxygens (including phenoxy) is 3. The Labute approximate surface area is 152 Å². The number of carbonyl (C=O) groups excluding carboxylic acids is 3. The van der Waals surface area contributed by atoms with Crippen molar-refractivity contribution in [3.05, 3.63) is 59.7 Å². The molecule has 0 fully saturated rings. The van der Waals surface area contributed by atoms with Crippen LogP contribution in [0.15, 0.2) is 48.5 Å². The van der Waals surface area contributed by atoms with Crippen LogP contribution in [0.3, 0.4) is 0 Å². The van der Waals surface area contributed by atoms with Crippen LogP contribution in [0.2, 0.25) is 0 Å². The van der Waals surface area contributed by atoms with Gasteiger partial charge in [0, 0.05) is 0 Å². The summed E-state index contributed by atoms with van der Waals surface area (Å²) in [5.41, 5.74) is 0.410. The van der Waals surface area contributed by atoms with Crippen LogP contribution in [0.4, 0.5) is 14.5 Å². The van der Waals surface area contributed by atoms with E-state index in [2.05, 4.69) is 14.8 Å². The number of nitrogens with one attached hydrogen (secondary N) is 1. The van der Waals surface area contributed by atoms with Crippen molar-refractivity contribution in [3.63, 3.8) is 0 Å². The van der Waals surface area contributed by atoms with E-state index < -0.39 is 31.1 Å². The lowest BCUT2D eigenvalue weighted by atomic mass is 10.2. The van der Waals surface area contributed by atoms with Crippen molar-refractivity contribution in [2.24, 2.45) is 0 Å². The minimum atomic E-state index is -2.97. The van der Waals surface area contributed by atoms with Crippen LogP contribution in [-0.2, 0) is 14.3 Å². The van der Waals surface area contributed by atoms with E-state index >= 15 is 0 Å². The fraction of sp³-hybridized carbons (Fsp3) is 0.167. The third-order valence-corrected chi connectivity index (χ3v) is 3.26. The highest BCUT2D eigenvalue weighted by atomic mass is 19.3. The second-order valence-electron chi connectivity index (χ2n) is 5.06. The van der Waals surface area contributed by atoms with Gasteiger partial charge in [-0.3, -0.25) is 4.79 Å². The molecule has 0 aliphatic carbocycles. The molecule has 0 spiro atoms. The molecule has 0 aromatic heterocycles. The average Bonchev–Trinajstić information content (AvgIpc) is 2.66. The van der Waals surface area contributed by atoms with E-state index in [1.165, 1.54) is 43.5 Å². The summed E-state index contributed by atoms with van der Waals surface area (Å²) < 4.78 is 37.8. The van der Waals surface area contributed by atoms with Gasteiger partial charge in [0.25, 0.3) is 5.91 Å². The van der Waals surface area contributed by atoms with Gasteiger partial charge in [-0.2, -0.15) is 8.78 Å². The zero-order valence-corrected chi connectivity index (χ0v) is 14.1. The number of para-hydroxylation sites is 1. The minimum absolute atomic E-state index is 0.0550. The van der Waals surface area contributed by atoms with Gasteiger partial charge in [0.15, 0.2) is 6.61 Å². The minimum Gasteiger partial charge on any atom is -0.465 e. The molecule has 0 aliphatic heterocycles. The number of amides is 1. The van der Waals surface area contributed by atoms with Crippen LogP contribution < -0.4 is 10.1 Å². The third-order valence-electron chi connectivity index (χ3n) is 3.26. The first-order valence-corrected chi connectivity index (χ1v) is 7.60. The summed E-state index contributed by atoms with van der Waals surface area (Å²) in [4.78, 5) is 35.5. The second-order valence-corrected chi connectivity index (χ2v) is 5.06. The van der Waals surface area contributed by atoms with Crippen molar-refractivity contribution in [2.45, 2.75) is 6.61 Å². The Kier molecular flexibility index (Phi) is 6.81. The van der Waals surface area contributed by atoms with E-state index in [1.54, 1.807) is 12.1 Å². The van der Waals surface area contributed by atoms with Crippen molar-refractivity contribution < 1.29 is 37.4 Å². The predicted octanol–water partition coefficient (Wildman–Crippen LogP) is 2.87. The van der Waals surface area contributed by atoms with Gasteiger partial charge in [0.05, 0.1) is 23.9 Å². The number of rotatable bonds is 7. The van der Waals surface area contributed by atoms with Gasteiger partial charge in [0.1, 0.15) is 5.75 Å². The Morgan fingerprint density at radius 1 is 1.00 bits per heavy atom. The molecule has 0 saturated heterocycles. The Bertz CT molecular complexity index is 823. The average molecular weight is 379 g/mol. The summed E-state index contributed by atoms with van der Waals surface area (Å²) in [6, 6.07) is 11.0. The molecule has 0 heterocycles. The lowest BCUT2D eigenvalue weighted by molar-refractivity contribution is -0.119. The molecule has 0 atom stereocenters. The van der Waals surface area contributed by atoms with Crippen LogP contribution in [0.25, 0.3) is 0 Å². The van der Waals surface area contributed by atoms with Gasteiger partial charge in [-0.25, -0.2) is 9.59 Å². The largest absolute Gasteiger partial charge is 0.465 e. The highest BCUT2D eigenvalue weighted by Crippen LogP contribution is 2.17. The summed E-state index contributed by atoms with van der Waals surface area (Å²) in [5.74, 6) is -2.24. The second kappa shape index (κ2) is 9.27. The Morgan fingerprint density at radius 3 is 2.30 bits per heavy atom. The molecule has 1 amide bonds. The van der Waals surface area contributed by atoms with Gasteiger partial charge in [0.2, 0.25) is 0 Å². The zero-order valence-electron chi connectivity index (χ0n) is 14.1. The Morgan fingerprint density at radius 2 is 1.67 bits per heavy atom. The summed E-state index contributed by atoms with van der Waals surface area (Å²) >= 11 is 0. The highest BCUT2D eigenvalue weighted by molar-refractivity contribution is 6.02.